The lowest BCUT2D eigenvalue weighted by Crippen LogP contribution is -2.20. The van der Waals surface area contributed by atoms with Crippen LogP contribution in [-0.4, -0.2) is 36.6 Å². The van der Waals surface area contributed by atoms with Crippen molar-refractivity contribution in [2.24, 2.45) is 0 Å². The monoisotopic (exact) mass is 980 g/mol. The topological polar surface area (TPSA) is 111 Å². The molecule has 0 aliphatic carbocycles. The Bertz CT molecular complexity index is 4000. The van der Waals surface area contributed by atoms with E-state index < -0.39 is 5.41 Å². The standard InChI is InChI=1S/C67H48O8/c1-67(2,43-35-49(39-19-23-61-53(31-39)45-11-3-7-15-57(45)72-61)65(70-29-27-68)50(36-43)40-20-24-62-54(32-40)46-12-4-8-16-58(46)73-62)44-37-51(41-21-25-63-55(33-41)47-13-5-9-17-59(47)74-63)66(71-30-28-69)52(38-44)42-22-26-64-56(34-42)48-14-6-10-18-60(48)75-64/h3-26,31-38,68-69H,27-30H2,1-2H3. The van der Waals surface area contributed by atoms with Crippen LogP contribution in [0.15, 0.2) is 212 Å². The highest BCUT2D eigenvalue weighted by Gasteiger charge is 2.31. The van der Waals surface area contributed by atoms with Crippen LogP contribution in [0.4, 0.5) is 0 Å². The van der Waals surface area contributed by atoms with E-state index in [0.717, 1.165) is 143 Å². The van der Waals surface area contributed by atoms with E-state index in [0.29, 0.717) is 11.5 Å². The third-order valence-corrected chi connectivity index (χ3v) is 15.0. The highest BCUT2D eigenvalue weighted by Crippen LogP contribution is 2.50. The van der Waals surface area contributed by atoms with Crippen LogP contribution in [0.5, 0.6) is 11.5 Å². The Hall–Kier alpha value is -9.08. The molecule has 75 heavy (non-hydrogen) atoms. The first kappa shape index (κ1) is 44.6. The van der Waals surface area contributed by atoms with Crippen LogP contribution < -0.4 is 9.47 Å². The zero-order valence-corrected chi connectivity index (χ0v) is 41.1. The van der Waals surface area contributed by atoms with Gasteiger partial charge in [0.15, 0.2) is 0 Å². The minimum Gasteiger partial charge on any atom is -0.490 e. The Labute approximate surface area is 430 Å². The van der Waals surface area contributed by atoms with Gasteiger partial charge in [-0.05, 0) is 130 Å². The van der Waals surface area contributed by atoms with Gasteiger partial charge < -0.3 is 37.4 Å². The first-order valence-electron chi connectivity index (χ1n) is 25.3. The summed E-state index contributed by atoms with van der Waals surface area (Å²) in [6.45, 7) is 4.37. The van der Waals surface area contributed by atoms with Crippen molar-refractivity contribution >= 4 is 87.8 Å². The lowest BCUT2D eigenvalue weighted by Gasteiger charge is -2.31. The van der Waals surface area contributed by atoms with Crippen molar-refractivity contribution in [1.29, 1.82) is 0 Å². The fourth-order valence-corrected chi connectivity index (χ4v) is 11.2. The Morgan fingerprint density at radius 1 is 0.320 bits per heavy atom. The summed E-state index contributed by atoms with van der Waals surface area (Å²) in [5.74, 6) is 1.30. The second-order valence-electron chi connectivity index (χ2n) is 19.8. The number of benzene rings is 10. The van der Waals surface area contributed by atoms with Crippen LogP contribution in [0.3, 0.4) is 0 Å². The molecule has 364 valence electrons. The quantitative estimate of drug-likeness (QED) is 0.125. The molecule has 2 N–H and O–H groups in total. The molecule has 0 atom stereocenters. The van der Waals surface area contributed by atoms with E-state index in [4.69, 9.17) is 27.1 Å². The summed E-state index contributed by atoms with van der Waals surface area (Å²) in [4.78, 5) is 0. The summed E-state index contributed by atoms with van der Waals surface area (Å²) in [6.07, 6.45) is 0. The molecule has 0 bridgehead atoms. The van der Waals surface area contributed by atoms with Crippen molar-refractivity contribution in [1.82, 2.24) is 0 Å². The minimum absolute atomic E-state index is 0.0884. The zero-order chi connectivity index (χ0) is 50.4. The molecule has 4 heterocycles. The second-order valence-corrected chi connectivity index (χ2v) is 19.8. The molecular formula is C67H48O8. The lowest BCUT2D eigenvalue weighted by molar-refractivity contribution is 0.202. The van der Waals surface area contributed by atoms with Gasteiger partial charge in [0.25, 0.3) is 0 Å². The molecule has 4 aromatic heterocycles. The molecule has 0 aliphatic heterocycles. The second kappa shape index (κ2) is 17.6. The van der Waals surface area contributed by atoms with Crippen LogP contribution in [0.25, 0.3) is 132 Å². The molecule has 14 aromatic rings. The highest BCUT2D eigenvalue weighted by molar-refractivity contribution is 6.10. The molecule has 0 amide bonds. The predicted molar refractivity (Wildman–Crippen MR) is 301 cm³/mol. The number of fused-ring (bicyclic) bond motifs is 12. The van der Waals surface area contributed by atoms with Gasteiger partial charge in [-0.15, -0.1) is 0 Å². The highest BCUT2D eigenvalue weighted by atomic mass is 16.5. The molecule has 0 fully saturated rings. The summed E-state index contributed by atoms with van der Waals surface area (Å²) in [5.41, 5.74) is 15.0. The summed E-state index contributed by atoms with van der Waals surface area (Å²) < 4.78 is 38.8. The van der Waals surface area contributed by atoms with E-state index in [1.807, 2.05) is 97.1 Å². The predicted octanol–water partition coefficient (Wildman–Crippen LogP) is 17.0. The third-order valence-electron chi connectivity index (χ3n) is 15.0. The van der Waals surface area contributed by atoms with E-state index in [-0.39, 0.29) is 26.4 Å². The molecule has 0 aliphatic rings. The van der Waals surface area contributed by atoms with Crippen molar-refractivity contribution in [3.63, 3.8) is 0 Å². The number of aliphatic hydroxyl groups is 2. The van der Waals surface area contributed by atoms with Crippen LogP contribution in [0.2, 0.25) is 0 Å². The summed E-state index contributed by atoms with van der Waals surface area (Å²) in [6, 6.07) is 66.6. The van der Waals surface area contributed by atoms with Gasteiger partial charge in [0.1, 0.15) is 69.4 Å². The fourth-order valence-electron chi connectivity index (χ4n) is 11.2. The Morgan fingerprint density at radius 3 is 0.840 bits per heavy atom. The maximum absolute atomic E-state index is 10.4. The van der Waals surface area contributed by atoms with Crippen LogP contribution >= 0.6 is 0 Å². The molecule has 0 unspecified atom stereocenters. The minimum atomic E-state index is -0.699. The molecule has 0 saturated heterocycles. The third kappa shape index (κ3) is 7.36. The lowest BCUT2D eigenvalue weighted by atomic mass is 9.74. The first-order chi connectivity index (χ1) is 36.8. The maximum atomic E-state index is 10.4. The Morgan fingerprint density at radius 2 is 0.573 bits per heavy atom. The van der Waals surface area contributed by atoms with Gasteiger partial charge in [-0.2, -0.15) is 0 Å². The first-order valence-corrected chi connectivity index (χ1v) is 25.3. The molecule has 8 nitrogen and oxygen atoms in total. The van der Waals surface area contributed by atoms with Crippen molar-refractivity contribution < 1.29 is 37.4 Å². The summed E-state index contributed by atoms with van der Waals surface area (Å²) in [5, 5.41) is 28.8. The molecule has 14 rings (SSSR count). The molecular weight excluding hydrogens is 933 g/mol. The van der Waals surface area contributed by atoms with Gasteiger partial charge in [-0.3, -0.25) is 0 Å². The molecule has 0 radical (unpaired) electrons. The maximum Gasteiger partial charge on any atom is 0.135 e. The number of ether oxygens (including phenoxy) is 2. The van der Waals surface area contributed by atoms with Gasteiger partial charge in [-0.1, -0.05) is 111 Å². The summed E-state index contributed by atoms with van der Waals surface area (Å²) >= 11 is 0. The number of rotatable bonds is 12. The average Bonchev–Trinajstić information content (AvgIpc) is 4.23. The van der Waals surface area contributed by atoms with Crippen LogP contribution in [0, 0.1) is 0 Å². The molecule has 10 aromatic carbocycles. The van der Waals surface area contributed by atoms with E-state index in [1.54, 1.807) is 0 Å². The van der Waals surface area contributed by atoms with Gasteiger partial charge in [-0.25, -0.2) is 0 Å². The van der Waals surface area contributed by atoms with Gasteiger partial charge in [0, 0.05) is 70.8 Å². The Balaban J connectivity index is 1.04. The molecule has 0 saturated carbocycles. The van der Waals surface area contributed by atoms with E-state index in [9.17, 15) is 10.2 Å². The van der Waals surface area contributed by atoms with Crippen molar-refractivity contribution in [3.8, 4) is 56.0 Å². The average molecular weight is 981 g/mol. The number of furan rings is 4. The fraction of sp³-hybridized carbons (Fsp3) is 0.104. The Kier molecular flexibility index (Phi) is 10.4. The summed E-state index contributed by atoms with van der Waals surface area (Å²) in [7, 11) is 0. The SMILES string of the molecule is CC(C)(c1cc(-c2ccc3oc4ccccc4c3c2)c(OCCO)c(-c2ccc3oc4ccccc4c3c2)c1)c1cc(-c2ccc3oc4ccccc4c3c2)c(OCCO)c(-c2ccc3oc4ccccc4c3c2)c1. The van der Waals surface area contributed by atoms with Crippen LogP contribution in [0.1, 0.15) is 25.0 Å². The van der Waals surface area contributed by atoms with Gasteiger partial charge in [0.05, 0.1) is 13.2 Å². The van der Waals surface area contributed by atoms with Crippen molar-refractivity contribution in [2.75, 3.05) is 26.4 Å². The number of aliphatic hydroxyl groups excluding tert-OH is 2. The van der Waals surface area contributed by atoms with Gasteiger partial charge in [0.2, 0.25) is 0 Å². The number of para-hydroxylation sites is 4. The zero-order valence-electron chi connectivity index (χ0n) is 41.1. The van der Waals surface area contributed by atoms with Crippen molar-refractivity contribution in [2.45, 2.75) is 19.3 Å². The van der Waals surface area contributed by atoms with E-state index >= 15 is 0 Å². The van der Waals surface area contributed by atoms with Crippen LogP contribution in [-0.2, 0) is 5.41 Å². The number of hydrogen-bond donors (Lipinski definition) is 2. The van der Waals surface area contributed by atoms with E-state index in [1.165, 1.54) is 0 Å². The molecule has 0 spiro atoms. The van der Waals surface area contributed by atoms with Crippen molar-refractivity contribution in [3.05, 3.63) is 205 Å². The number of hydrogen-bond acceptors (Lipinski definition) is 8. The van der Waals surface area contributed by atoms with E-state index in [2.05, 4.69) is 111 Å². The largest absolute Gasteiger partial charge is 0.490 e. The molecule has 8 heteroatoms. The smallest absolute Gasteiger partial charge is 0.135 e. The van der Waals surface area contributed by atoms with Gasteiger partial charge >= 0.3 is 0 Å². The normalized spacial score (nSPS) is 12.2.